The largest absolute Gasteiger partial charge is 0.392 e. The monoisotopic (exact) mass is 222 g/mol. The number of nitro benzene ring substituents is 1. The first-order chi connectivity index (χ1) is 7.50. The van der Waals surface area contributed by atoms with Crippen LogP contribution in [0.25, 0.3) is 10.9 Å². The number of nitrogens with one attached hydrogen (secondary N) is 2. The van der Waals surface area contributed by atoms with E-state index in [9.17, 15) is 19.7 Å². The van der Waals surface area contributed by atoms with Crippen LogP contribution in [0.5, 0.6) is 0 Å². The van der Waals surface area contributed by atoms with E-state index in [0.717, 1.165) is 6.07 Å². The molecule has 0 amide bonds. The fourth-order valence-corrected chi connectivity index (χ4v) is 1.44. The molecule has 8 heteroatoms. The van der Waals surface area contributed by atoms with Crippen LogP contribution in [0.2, 0.25) is 0 Å². The minimum atomic E-state index is -0.750. The van der Waals surface area contributed by atoms with Gasteiger partial charge >= 0.3 is 5.69 Å². The lowest BCUT2D eigenvalue weighted by Gasteiger charge is -2.00. The highest BCUT2D eigenvalue weighted by atomic mass is 16.6. The fraction of sp³-hybridized carbons (Fsp3) is 0. The van der Waals surface area contributed by atoms with Gasteiger partial charge in [0.15, 0.2) is 0 Å². The first kappa shape index (κ1) is 9.90. The summed E-state index contributed by atoms with van der Waals surface area (Å²) in [6.07, 6.45) is 0. The molecule has 1 heterocycles. The van der Waals surface area contributed by atoms with Crippen molar-refractivity contribution in [3.05, 3.63) is 43.1 Å². The second-order valence-electron chi connectivity index (χ2n) is 3.09. The predicted molar refractivity (Wildman–Crippen MR) is 56.3 cm³/mol. The molecular weight excluding hydrogens is 216 g/mol. The lowest BCUT2D eigenvalue weighted by Crippen LogP contribution is -2.22. The standard InChI is InChI=1S/C8H6N4O4/c9-6-4(12(15)16)2-1-3-5(6)7(13)11-8(14)10-3/h1-2H,9H2,(H2,10,11,13,14). The summed E-state index contributed by atoms with van der Waals surface area (Å²) in [5, 5.41) is 10.5. The maximum absolute atomic E-state index is 11.4. The Bertz CT molecular complexity index is 699. The molecule has 8 nitrogen and oxygen atoms in total. The van der Waals surface area contributed by atoms with E-state index in [1.807, 2.05) is 4.98 Å². The highest BCUT2D eigenvalue weighted by Gasteiger charge is 2.16. The third-order valence-electron chi connectivity index (χ3n) is 2.12. The summed E-state index contributed by atoms with van der Waals surface area (Å²) in [4.78, 5) is 36.5. The molecule has 0 radical (unpaired) electrons. The van der Waals surface area contributed by atoms with Gasteiger partial charge in [0, 0.05) is 6.07 Å². The van der Waals surface area contributed by atoms with Crippen molar-refractivity contribution in [2.24, 2.45) is 0 Å². The van der Waals surface area contributed by atoms with E-state index >= 15 is 0 Å². The zero-order valence-corrected chi connectivity index (χ0v) is 7.81. The molecule has 0 saturated heterocycles. The summed E-state index contributed by atoms with van der Waals surface area (Å²) < 4.78 is 0. The van der Waals surface area contributed by atoms with Gasteiger partial charge < -0.3 is 10.7 Å². The van der Waals surface area contributed by atoms with E-state index in [2.05, 4.69) is 4.98 Å². The third kappa shape index (κ3) is 1.32. The minimum absolute atomic E-state index is 0.0891. The van der Waals surface area contributed by atoms with Gasteiger partial charge in [-0.25, -0.2) is 4.79 Å². The number of benzene rings is 1. The molecule has 0 aliphatic rings. The van der Waals surface area contributed by atoms with Crippen LogP contribution in [-0.2, 0) is 0 Å². The molecule has 0 saturated carbocycles. The van der Waals surface area contributed by atoms with E-state index < -0.39 is 16.2 Å². The summed E-state index contributed by atoms with van der Waals surface area (Å²) in [5.41, 5.74) is 3.58. The molecule has 2 aromatic rings. The minimum Gasteiger partial charge on any atom is -0.392 e. The lowest BCUT2D eigenvalue weighted by molar-refractivity contribution is -0.383. The number of rotatable bonds is 1. The molecule has 1 aromatic heterocycles. The highest BCUT2D eigenvalue weighted by Crippen LogP contribution is 2.25. The quantitative estimate of drug-likeness (QED) is 0.346. The molecule has 82 valence electrons. The van der Waals surface area contributed by atoms with Gasteiger partial charge in [-0.15, -0.1) is 0 Å². The van der Waals surface area contributed by atoms with Gasteiger partial charge in [-0.05, 0) is 6.07 Å². The van der Waals surface area contributed by atoms with E-state index in [0.29, 0.717) is 0 Å². The Labute approximate surface area is 86.9 Å². The number of H-pyrrole nitrogens is 2. The Morgan fingerprint density at radius 2 is 1.94 bits per heavy atom. The zero-order valence-electron chi connectivity index (χ0n) is 7.81. The smallest absolute Gasteiger partial charge is 0.326 e. The highest BCUT2D eigenvalue weighted by molar-refractivity contribution is 5.94. The summed E-state index contributed by atoms with van der Waals surface area (Å²) in [7, 11) is 0. The first-order valence-corrected chi connectivity index (χ1v) is 4.20. The molecule has 0 aliphatic carbocycles. The average Bonchev–Trinajstić information content (AvgIpc) is 2.15. The molecule has 2 rings (SSSR count). The van der Waals surface area contributed by atoms with Crippen molar-refractivity contribution in [2.75, 3.05) is 5.73 Å². The molecule has 0 unspecified atom stereocenters. The van der Waals surface area contributed by atoms with E-state index in [1.165, 1.54) is 6.07 Å². The molecule has 0 spiro atoms. The Hall–Kier alpha value is -2.64. The molecule has 16 heavy (non-hydrogen) atoms. The number of hydrogen-bond donors (Lipinski definition) is 3. The topological polar surface area (TPSA) is 135 Å². The van der Waals surface area contributed by atoms with Gasteiger partial charge in [0.1, 0.15) is 5.69 Å². The van der Waals surface area contributed by atoms with Gasteiger partial charge in [-0.3, -0.25) is 19.9 Å². The molecule has 0 fully saturated rings. The molecule has 0 bridgehead atoms. The van der Waals surface area contributed by atoms with Crippen molar-refractivity contribution in [2.45, 2.75) is 0 Å². The second kappa shape index (κ2) is 3.19. The maximum Gasteiger partial charge on any atom is 0.326 e. The Balaban J connectivity index is 3.01. The van der Waals surface area contributed by atoms with Gasteiger partial charge in [0.25, 0.3) is 11.2 Å². The van der Waals surface area contributed by atoms with Crippen LogP contribution < -0.4 is 17.0 Å². The number of anilines is 1. The van der Waals surface area contributed by atoms with E-state index in [-0.39, 0.29) is 22.3 Å². The number of aromatic nitrogens is 2. The number of nitrogen functional groups attached to an aromatic ring is 1. The van der Waals surface area contributed by atoms with Crippen LogP contribution in [-0.4, -0.2) is 14.9 Å². The molecule has 0 aliphatic heterocycles. The molecule has 4 N–H and O–H groups in total. The maximum atomic E-state index is 11.4. The number of aromatic amines is 2. The van der Waals surface area contributed by atoms with Crippen LogP contribution in [0.1, 0.15) is 0 Å². The van der Waals surface area contributed by atoms with Crippen LogP contribution >= 0.6 is 0 Å². The SMILES string of the molecule is Nc1c([N+](=O)[O-])ccc2[nH]c(=O)[nH]c(=O)c12. The number of fused-ring (bicyclic) bond motifs is 1. The number of nitro groups is 1. The predicted octanol–water partition coefficient (Wildman–Crippen LogP) is -0.293. The van der Waals surface area contributed by atoms with Gasteiger partial charge in [0.2, 0.25) is 0 Å². The van der Waals surface area contributed by atoms with Crippen molar-refractivity contribution in [3.63, 3.8) is 0 Å². The van der Waals surface area contributed by atoms with E-state index in [4.69, 9.17) is 5.73 Å². The summed E-state index contributed by atoms with van der Waals surface area (Å²) in [6, 6.07) is 2.40. The van der Waals surface area contributed by atoms with Crippen LogP contribution in [0.3, 0.4) is 0 Å². The summed E-state index contributed by atoms with van der Waals surface area (Å²) in [6.45, 7) is 0. The third-order valence-corrected chi connectivity index (χ3v) is 2.12. The van der Waals surface area contributed by atoms with Crippen molar-refractivity contribution < 1.29 is 4.92 Å². The molecular formula is C8H6N4O4. The Kier molecular flexibility index (Phi) is 1.97. The fourth-order valence-electron chi connectivity index (χ4n) is 1.44. The van der Waals surface area contributed by atoms with Crippen molar-refractivity contribution >= 4 is 22.3 Å². The zero-order chi connectivity index (χ0) is 11.9. The van der Waals surface area contributed by atoms with Crippen LogP contribution in [0.15, 0.2) is 21.7 Å². The summed E-state index contributed by atoms with van der Waals surface area (Å²) in [5.74, 6) is 0. The van der Waals surface area contributed by atoms with Crippen molar-refractivity contribution in [3.8, 4) is 0 Å². The van der Waals surface area contributed by atoms with Crippen molar-refractivity contribution in [1.29, 1.82) is 0 Å². The normalized spacial score (nSPS) is 10.5. The average molecular weight is 222 g/mol. The molecule has 0 atom stereocenters. The number of nitrogens with two attached hydrogens (primary N) is 1. The summed E-state index contributed by atoms with van der Waals surface area (Å²) >= 11 is 0. The van der Waals surface area contributed by atoms with Crippen LogP contribution in [0.4, 0.5) is 11.4 Å². The second-order valence-corrected chi connectivity index (χ2v) is 3.09. The number of nitrogens with zero attached hydrogens (tertiary/aromatic N) is 1. The molecule has 1 aromatic carbocycles. The van der Waals surface area contributed by atoms with E-state index in [1.54, 1.807) is 0 Å². The van der Waals surface area contributed by atoms with Gasteiger partial charge in [-0.1, -0.05) is 0 Å². The van der Waals surface area contributed by atoms with Crippen molar-refractivity contribution in [1.82, 2.24) is 9.97 Å². The van der Waals surface area contributed by atoms with Gasteiger partial charge in [-0.2, -0.15) is 0 Å². The number of hydrogen-bond acceptors (Lipinski definition) is 5. The van der Waals surface area contributed by atoms with Crippen LogP contribution in [0, 0.1) is 10.1 Å². The van der Waals surface area contributed by atoms with Gasteiger partial charge in [0.05, 0.1) is 15.8 Å². The Morgan fingerprint density at radius 3 is 2.56 bits per heavy atom. The first-order valence-electron chi connectivity index (χ1n) is 4.20. The Morgan fingerprint density at radius 1 is 1.25 bits per heavy atom. The lowest BCUT2D eigenvalue weighted by atomic mass is 10.2.